The van der Waals surface area contributed by atoms with Crippen molar-refractivity contribution in [1.82, 2.24) is 34.6 Å². The van der Waals surface area contributed by atoms with E-state index in [4.69, 9.17) is 2.74 Å². The van der Waals surface area contributed by atoms with Gasteiger partial charge in [-0.25, -0.2) is 24.3 Å². The van der Waals surface area contributed by atoms with Crippen LogP contribution in [0.2, 0.25) is 0 Å². The predicted molar refractivity (Wildman–Crippen MR) is 115 cm³/mol. The van der Waals surface area contributed by atoms with E-state index in [-0.39, 0.29) is 22.2 Å². The Morgan fingerprint density at radius 3 is 2.43 bits per heavy atom. The van der Waals surface area contributed by atoms with Crippen LogP contribution in [0, 0.1) is 12.7 Å². The Kier molecular flexibility index (Phi) is 6.10. The van der Waals surface area contributed by atoms with Crippen LogP contribution >= 0.6 is 0 Å². The van der Waals surface area contributed by atoms with Crippen LogP contribution in [-0.2, 0) is 18.0 Å². The van der Waals surface area contributed by atoms with Gasteiger partial charge in [-0.15, -0.1) is 0 Å². The van der Waals surface area contributed by atoms with Crippen molar-refractivity contribution >= 4 is 11.9 Å². The minimum absolute atomic E-state index is 0.0430. The number of carbonyl (C=O) groups is 1. The highest BCUT2D eigenvalue weighted by molar-refractivity contribution is 5.99. The maximum Gasteiger partial charge on any atom is 0.419 e. The summed E-state index contributed by atoms with van der Waals surface area (Å²) in [5.74, 6) is -2.56. The smallest absolute Gasteiger partial charge is 0.352 e. The molecule has 0 aliphatic carbocycles. The minimum Gasteiger partial charge on any atom is -0.352 e. The highest BCUT2D eigenvalue weighted by atomic mass is 19.4. The maximum absolute atomic E-state index is 14.8. The number of anilines is 1. The Morgan fingerprint density at radius 1 is 1.22 bits per heavy atom. The molecule has 4 rings (SSSR count). The molecular formula is C21H20F6N8O2. The Hall–Kier alpha value is -3.82. The number of aryl methyl sites for hydroxylation is 1. The lowest BCUT2D eigenvalue weighted by Gasteiger charge is -2.42. The molecule has 1 amide bonds. The molecular weight excluding hydrogens is 510 g/mol. The average Bonchev–Trinajstić information content (AvgIpc) is 3.14. The molecule has 1 fully saturated rings. The number of halogens is 6. The number of nitrogens with one attached hydrogen (secondary N) is 1. The Balaban J connectivity index is 1.73. The SMILES string of the molecule is [2H]C1([2H])N(C(=O)c2nn(C)c(C)c2-c2ncc(F)cn2)[C@H](CNc2ncc(C(F)(F)F)cn2)[C@H](C)OC1(F)F. The molecule has 4 heterocycles. The van der Waals surface area contributed by atoms with Crippen molar-refractivity contribution in [2.75, 3.05) is 18.4 Å². The summed E-state index contributed by atoms with van der Waals surface area (Å²) in [6.07, 6.45) is -7.99. The van der Waals surface area contributed by atoms with Crippen molar-refractivity contribution in [2.45, 2.75) is 38.3 Å². The molecule has 0 bridgehead atoms. The third-order valence-electron chi connectivity index (χ3n) is 5.51. The first kappa shape index (κ1) is 23.6. The average molecular weight is 532 g/mol. The highest BCUT2D eigenvalue weighted by Gasteiger charge is 2.48. The van der Waals surface area contributed by atoms with Gasteiger partial charge in [0.1, 0.15) is 6.50 Å². The molecule has 37 heavy (non-hydrogen) atoms. The number of ether oxygens (including phenoxy) is 1. The topological polar surface area (TPSA) is 111 Å². The van der Waals surface area contributed by atoms with Crippen molar-refractivity contribution in [3.63, 3.8) is 0 Å². The first-order valence-corrected chi connectivity index (χ1v) is 10.6. The molecule has 10 nitrogen and oxygen atoms in total. The van der Waals surface area contributed by atoms with Gasteiger partial charge in [0.2, 0.25) is 5.95 Å². The zero-order valence-electron chi connectivity index (χ0n) is 21.4. The second-order valence-corrected chi connectivity index (χ2v) is 8.03. The van der Waals surface area contributed by atoms with Crippen molar-refractivity contribution < 1.29 is 38.6 Å². The maximum atomic E-state index is 14.8. The lowest BCUT2D eigenvalue weighted by Crippen LogP contribution is -2.61. The second-order valence-electron chi connectivity index (χ2n) is 8.03. The van der Waals surface area contributed by atoms with E-state index in [1.807, 2.05) is 0 Å². The van der Waals surface area contributed by atoms with Crippen molar-refractivity contribution in [2.24, 2.45) is 7.05 Å². The third kappa shape index (κ3) is 5.47. The monoisotopic (exact) mass is 532 g/mol. The van der Waals surface area contributed by atoms with Gasteiger partial charge in [-0.3, -0.25) is 9.48 Å². The van der Waals surface area contributed by atoms with Gasteiger partial charge >= 0.3 is 12.3 Å². The number of amides is 1. The number of hydrogen-bond donors (Lipinski definition) is 1. The second kappa shape index (κ2) is 9.57. The standard InChI is InChI=1S/C21H20F6N8O2/c1-10-15(17-28-6-13(22)7-29-17)16(33-34(10)3)18(36)35-9-20(23,24)37-11(2)14(35)8-32-19-30-4-12(5-31-19)21(25,26)27/h4-7,11,14H,8-9H2,1-3H3,(H,30,31,32)/t11-,14+/m0/s1/i9D2. The van der Waals surface area contributed by atoms with Crippen LogP contribution < -0.4 is 5.32 Å². The lowest BCUT2D eigenvalue weighted by molar-refractivity contribution is -0.298. The summed E-state index contributed by atoms with van der Waals surface area (Å²) < 4.78 is 103. The molecule has 0 spiro atoms. The number of hydrogen-bond acceptors (Lipinski definition) is 8. The fraction of sp³-hybridized carbons (Fsp3) is 0.429. The van der Waals surface area contributed by atoms with Crippen LogP contribution in [0.15, 0.2) is 24.8 Å². The van der Waals surface area contributed by atoms with Gasteiger partial charge in [-0.2, -0.15) is 27.1 Å². The van der Waals surface area contributed by atoms with Gasteiger partial charge in [0.25, 0.3) is 5.91 Å². The molecule has 16 heteroatoms. The number of morpholine rings is 1. The quantitative estimate of drug-likeness (QED) is 0.500. The van der Waals surface area contributed by atoms with Crippen LogP contribution in [-0.4, -0.2) is 71.8 Å². The Bertz CT molecular complexity index is 1370. The molecule has 3 aromatic heterocycles. The predicted octanol–water partition coefficient (Wildman–Crippen LogP) is 3.07. The first-order chi connectivity index (χ1) is 18.0. The van der Waals surface area contributed by atoms with E-state index in [0.29, 0.717) is 18.1 Å². The highest BCUT2D eigenvalue weighted by Crippen LogP contribution is 2.33. The molecule has 1 aliphatic rings. The molecule has 198 valence electrons. The third-order valence-corrected chi connectivity index (χ3v) is 5.51. The molecule has 0 saturated carbocycles. The normalized spacial score (nSPS) is 21.8. The van der Waals surface area contributed by atoms with Gasteiger partial charge in [-0.05, 0) is 13.8 Å². The van der Waals surface area contributed by atoms with E-state index in [0.717, 1.165) is 19.3 Å². The van der Waals surface area contributed by atoms with Crippen LogP contribution in [0.5, 0.6) is 0 Å². The summed E-state index contributed by atoms with van der Waals surface area (Å²) in [4.78, 5) is 28.7. The molecule has 0 radical (unpaired) electrons. The van der Waals surface area contributed by atoms with Crippen molar-refractivity contribution in [3.8, 4) is 11.4 Å². The van der Waals surface area contributed by atoms with Crippen LogP contribution in [0.4, 0.5) is 32.3 Å². The molecule has 1 N–H and O–H groups in total. The summed E-state index contributed by atoms with van der Waals surface area (Å²) in [5.41, 5.74) is -1.37. The van der Waals surface area contributed by atoms with E-state index in [9.17, 15) is 31.1 Å². The van der Waals surface area contributed by atoms with Gasteiger partial charge < -0.3 is 15.0 Å². The summed E-state index contributed by atoms with van der Waals surface area (Å²) in [7, 11) is 1.44. The summed E-state index contributed by atoms with van der Waals surface area (Å²) >= 11 is 0. The molecule has 1 aliphatic heterocycles. The van der Waals surface area contributed by atoms with Crippen LogP contribution in [0.25, 0.3) is 11.4 Å². The van der Waals surface area contributed by atoms with E-state index in [1.165, 1.54) is 18.7 Å². The first-order valence-electron chi connectivity index (χ1n) is 11.6. The largest absolute Gasteiger partial charge is 0.419 e. The summed E-state index contributed by atoms with van der Waals surface area (Å²) in [6, 6.07) is -1.46. The van der Waals surface area contributed by atoms with Crippen LogP contribution in [0.3, 0.4) is 0 Å². The molecule has 0 unspecified atom stereocenters. The molecule has 2 atom stereocenters. The number of alkyl halides is 5. The summed E-state index contributed by atoms with van der Waals surface area (Å²) in [5, 5.41) is 6.58. The van der Waals surface area contributed by atoms with E-state index < -0.39 is 60.5 Å². The van der Waals surface area contributed by atoms with E-state index >= 15 is 0 Å². The zero-order valence-corrected chi connectivity index (χ0v) is 19.4. The van der Waals surface area contributed by atoms with E-state index in [1.54, 1.807) is 0 Å². The fourth-order valence-electron chi connectivity index (χ4n) is 3.57. The Labute approximate surface area is 208 Å². The molecule has 3 aromatic rings. The number of aromatic nitrogens is 6. The lowest BCUT2D eigenvalue weighted by atomic mass is 10.1. The Morgan fingerprint density at radius 2 is 1.84 bits per heavy atom. The van der Waals surface area contributed by atoms with Gasteiger partial charge in [-0.1, -0.05) is 0 Å². The van der Waals surface area contributed by atoms with Gasteiger partial charge in [0, 0.05) is 31.7 Å². The number of nitrogens with zero attached hydrogens (tertiary/aromatic N) is 7. The van der Waals surface area contributed by atoms with Gasteiger partial charge in [0.05, 0.1) is 38.4 Å². The molecule has 0 aromatic carbocycles. The summed E-state index contributed by atoms with van der Waals surface area (Å²) in [6.45, 7) is -1.53. The van der Waals surface area contributed by atoms with Crippen molar-refractivity contribution in [1.29, 1.82) is 0 Å². The fourth-order valence-corrected chi connectivity index (χ4v) is 3.57. The zero-order chi connectivity index (χ0) is 28.9. The number of rotatable bonds is 5. The van der Waals surface area contributed by atoms with Crippen LogP contribution in [0.1, 0.15) is 31.4 Å². The van der Waals surface area contributed by atoms with E-state index in [2.05, 4.69) is 35.1 Å². The van der Waals surface area contributed by atoms with Crippen molar-refractivity contribution in [3.05, 3.63) is 47.6 Å². The minimum atomic E-state index is -4.69. The van der Waals surface area contributed by atoms with Gasteiger partial charge in [0.15, 0.2) is 17.3 Å². The number of carbonyl (C=O) groups excluding carboxylic acids is 1. The molecule has 1 saturated heterocycles.